The van der Waals surface area contributed by atoms with Crippen LogP contribution < -0.4 is 15.5 Å². The Morgan fingerprint density at radius 3 is 2.64 bits per heavy atom. The summed E-state index contributed by atoms with van der Waals surface area (Å²) in [5, 5.41) is 15.9. The van der Waals surface area contributed by atoms with Crippen LogP contribution in [0, 0.1) is 0 Å². The lowest BCUT2D eigenvalue weighted by molar-refractivity contribution is 0.0941. The highest BCUT2D eigenvalue weighted by atomic mass is 16.3. The molecular weight excluding hydrogens is 278 g/mol. The highest BCUT2D eigenvalue weighted by molar-refractivity contribution is 5.75. The third-order valence-electron chi connectivity index (χ3n) is 4.69. The first-order chi connectivity index (χ1) is 10.7. The molecular formula is C17H25N3O2. The molecule has 3 atom stereocenters. The van der Waals surface area contributed by atoms with Gasteiger partial charge in [0.25, 0.3) is 0 Å². The number of rotatable bonds is 3. The predicted molar refractivity (Wildman–Crippen MR) is 87.0 cm³/mol. The van der Waals surface area contributed by atoms with E-state index < -0.39 is 6.10 Å². The average molecular weight is 303 g/mol. The molecule has 0 radical (unpaired) electrons. The van der Waals surface area contributed by atoms with Crippen molar-refractivity contribution in [2.24, 2.45) is 0 Å². The van der Waals surface area contributed by atoms with Gasteiger partial charge in [0.2, 0.25) is 0 Å². The predicted octanol–water partition coefficient (Wildman–Crippen LogP) is 1.87. The van der Waals surface area contributed by atoms with Gasteiger partial charge in [0.05, 0.1) is 12.1 Å². The molecule has 0 aromatic heterocycles. The molecule has 1 heterocycles. The second-order valence-electron chi connectivity index (χ2n) is 6.34. The Hall–Kier alpha value is -1.75. The van der Waals surface area contributed by atoms with Gasteiger partial charge in [-0.2, -0.15) is 0 Å². The minimum absolute atomic E-state index is 0.0969. The number of nitrogens with zero attached hydrogens (tertiary/aromatic N) is 1. The van der Waals surface area contributed by atoms with Gasteiger partial charge in [-0.25, -0.2) is 4.79 Å². The number of aliphatic hydroxyl groups is 1. The van der Waals surface area contributed by atoms with Crippen molar-refractivity contribution in [1.82, 2.24) is 10.6 Å². The molecule has 3 N–H and O–H groups in total. The fourth-order valence-corrected chi connectivity index (χ4v) is 3.43. The lowest BCUT2D eigenvalue weighted by Gasteiger charge is -2.29. The number of nitrogens with one attached hydrogen (secondary N) is 2. The molecule has 1 aliphatic carbocycles. The molecule has 1 saturated carbocycles. The maximum Gasteiger partial charge on any atom is 0.315 e. The van der Waals surface area contributed by atoms with E-state index in [2.05, 4.69) is 27.7 Å². The summed E-state index contributed by atoms with van der Waals surface area (Å²) in [6.45, 7) is 1.80. The lowest BCUT2D eigenvalue weighted by atomic mass is 9.93. The van der Waals surface area contributed by atoms with Crippen molar-refractivity contribution in [2.75, 3.05) is 18.0 Å². The summed E-state index contributed by atoms with van der Waals surface area (Å²) in [5.41, 5.74) is 1.20. The van der Waals surface area contributed by atoms with Gasteiger partial charge in [-0.15, -0.1) is 0 Å². The Morgan fingerprint density at radius 1 is 1.09 bits per heavy atom. The number of carbonyl (C=O) groups is 1. The van der Waals surface area contributed by atoms with E-state index in [0.717, 1.165) is 45.2 Å². The van der Waals surface area contributed by atoms with E-state index in [0.29, 0.717) is 0 Å². The van der Waals surface area contributed by atoms with Gasteiger partial charge in [-0.1, -0.05) is 31.0 Å². The van der Waals surface area contributed by atoms with Gasteiger partial charge < -0.3 is 20.6 Å². The topological polar surface area (TPSA) is 64.6 Å². The third-order valence-corrected chi connectivity index (χ3v) is 4.69. The monoisotopic (exact) mass is 303 g/mol. The van der Waals surface area contributed by atoms with Crippen molar-refractivity contribution in [3.8, 4) is 0 Å². The van der Waals surface area contributed by atoms with Crippen molar-refractivity contribution in [2.45, 2.75) is 50.3 Å². The molecule has 0 spiro atoms. The van der Waals surface area contributed by atoms with E-state index in [4.69, 9.17) is 0 Å². The van der Waals surface area contributed by atoms with Gasteiger partial charge in [-0.3, -0.25) is 0 Å². The molecule has 2 amide bonds. The summed E-state index contributed by atoms with van der Waals surface area (Å²) in [6.07, 6.45) is 4.34. The van der Waals surface area contributed by atoms with Crippen molar-refractivity contribution in [3.63, 3.8) is 0 Å². The highest BCUT2D eigenvalue weighted by Crippen LogP contribution is 2.20. The van der Waals surface area contributed by atoms with E-state index in [1.807, 2.05) is 18.2 Å². The van der Waals surface area contributed by atoms with Crippen LogP contribution in [0.5, 0.6) is 0 Å². The molecule has 0 bridgehead atoms. The van der Waals surface area contributed by atoms with Crippen molar-refractivity contribution in [3.05, 3.63) is 30.3 Å². The maximum atomic E-state index is 12.1. The quantitative estimate of drug-likeness (QED) is 0.799. The van der Waals surface area contributed by atoms with Crippen LogP contribution >= 0.6 is 0 Å². The van der Waals surface area contributed by atoms with Crippen molar-refractivity contribution in [1.29, 1.82) is 0 Å². The molecule has 1 saturated heterocycles. The second-order valence-corrected chi connectivity index (χ2v) is 6.34. The molecule has 5 nitrogen and oxygen atoms in total. The Bertz CT molecular complexity index is 494. The van der Waals surface area contributed by atoms with Crippen molar-refractivity contribution >= 4 is 11.7 Å². The highest BCUT2D eigenvalue weighted by Gasteiger charge is 2.27. The Morgan fingerprint density at radius 2 is 1.86 bits per heavy atom. The van der Waals surface area contributed by atoms with Gasteiger partial charge in [0.1, 0.15) is 0 Å². The average Bonchev–Trinajstić information content (AvgIpc) is 2.99. The molecule has 2 aliphatic rings. The van der Waals surface area contributed by atoms with Crippen LogP contribution in [0.4, 0.5) is 10.5 Å². The molecule has 120 valence electrons. The molecule has 2 fully saturated rings. The molecule has 1 aromatic rings. The first-order valence-electron chi connectivity index (χ1n) is 8.27. The fraction of sp³-hybridized carbons (Fsp3) is 0.588. The number of anilines is 1. The van der Waals surface area contributed by atoms with Crippen molar-refractivity contribution < 1.29 is 9.90 Å². The van der Waals surface area contributed by atoms with Crippen LogP contribution in [0.15, 0.2) is 30.3 Å². The van der Waals surface area contributed by atoms with Gasteiger partial charge in [0.15, 0.2) is 0 Å². The minimum atomic E-state index is -0.399. The van der Waals surface area contributed by atoms with E-state index in [9.17, 15) is 9.90 Å². The summed E-state index contributed by atoms with van der Waals surface area (Å²) in [6, 6.07) is 10.2. The number of benzene rings is 1. The standard InChI is InChI=1S/C17H25N3O2/c21-16-9-5-4-8-15(16)19-17(22)18-13-10-11-20(12-13)14-6-2-1-3-7-14/h1-3,6-7,13,15-16,21H,4-5,8-12H2,(H2,18,19,22). The lowest BCUT2D eigenvalue weighted by Crippen LogP contribution is -2.51. The Kier molecular flexibility index (Phi) is 4.83. The summed E-state index contributed by atoms with van der Waals surface area (Å²) in [5.74, 6) is 0. The number of carbonyl (C=O) groups excluding carboxylic acids is 1. The molecule has 5 heteroatoms. The smallest absolute Gasteiger partial charge is 0.315 e. The minimum Gasteiger partial charge on any atom is -0.391 e. The summed E-state index contributed by atoms with van der Waals surface area (Å²) in [7, 11) is 0. The maximum absolute atomic E-state index is 12.1. The van der Waals surface area contributed by atoms with Crippen LogP contribution in [-0.2, 0) is 0 Å². The first kappa shape index (κ1) is 15.2. The van der Waals surface area contributed by atoms with Gasteiger partial charge in [-0.05, 0) is 31.4 Å². The van der Waals surface area contributed by atoms with E-state index >= 15 is 0 Å². The largest absolute Gasteiger partial charge is 0.391 e. The summed E-state index contributed by atoms with van der Waals surface area (Å²) < 4.78 is 0. The molecule has 3 unspecified atom stereocenters. The zero-order chi connectivity index (χ0) is 15.4. The van der Waals surface area contributed by atoms with Gasteiger partial charge in [0, 0.05) is 24.8 Å². The second kappa shape index (κ2) is 7.01. The summed E-state index contributed by atoms with van der Waals surface area (Å²) in [4.78, 5) is 14.4. The Balaban J connectivity index is 1.46. The number of amides is 2. The van der Waals surface area contributed by atoms with E-state index in [1.54, 1.807) is 0 Å². The Labute approximate surface area is 131 Å². The summed E-state index contributed by atoms with van der Waals surface area (Å²) >= 11 is 0. The van der Waals surface area contributed by atoms with Crippen LogP contribution in [0.3, 0.4) is 0 Å². The number of aliphatic hydroxyl groups excluding tert-OH is 1. The zero-order valence-corrected chi connectivity index (χ0v) is 12.9. The van der Waals surface area contributed by atoms with Gasteiger partial charge >= 0.3 is 6.03 Å². The number of hydrogen-bond donors (Lipinski definition) is 3. The van der Waals surface area contributed by atoms with Crippen LogP contribution in [0.25, 0.3) is 0 Å². The molecule has 3 rings (SSSR count). The fourth-order valence-electron chi connectivity index (χ4n) is 3.43. The third kappa shape index (κ3) is 3.71. The SMILES string of the molecule is O=C(NC1CCN(c2ccccc2)C1)NC1CCCCC1O. The van der Waals surface area contributed by atoms with E-state index in [-0.39, 0.29) is 18.1 Å². The van der Waals surface area contributed by atoms with Crippen LogP contribution in [0.2, 0.25) is 0 Å². The molecule has 1 aromatic carbocycles. The normalized spacial score (nSPS) is 28.4. The van der Waals surface area contributed by atoms with Crippen LogP contribution in [0.1, 0.15) is 32.1 Å². The number of urea groups is 1. The number of para-hydroxylation sites is 1. The number of hydrogen-bond acceptors (Lipinski definition) is 3. The zero-order valence-electron chi connectivity index (χ0n) is 12.9. The van der Waals surface area contributed by atoms with E-state index in [1.165, 1.54) is 5.69 Å². The molecule has 22 heavy (non-hydrogen) atoms. The van der Waals surface area contributed by atoms with Crippen LogP contribution in [-0.4, -0.2) is 42.4 Å². The molecule has 1 aliphatic heterocycles. The first-order valence-corrected chi connectivity index (χ1v) is 8.27.